The summed E-state index contributed by atoms with van der Waals surface area (Å²) >= 11 is 12.0. The first kappa shape index (κ1) is 22.3. The van der Waals surface area contributed by atoms with Crippen LogP contribution in [0, 0.1) is 0 Å². The highest BCUT2D eigenvalue weighted by Crippen LogP contribution is 2.20. The minimum Gasteiger partial charge on any atom is -0.345 e. The summed E-state index contributed by atoms with van der Waals surface area (Å²) in [4.78, 5) is 37.4. The molecule has 1 unspecified atom stereocenters. The fraction of sp³-hybridized carbons (Fsp3) is 0.0870. The van der Waals surface area contributed by atoms with Crippen LogP contribution in [0.1, 0.15) is 38.7 Å². The van der Waals surface area contributed by atoms with Gasteiger partial charge in [-0.05, 0) is 35.9 Å². The van der Waals surface area contributed by atoms with E-state index >= 15 is 0 Å². The molecule has 3 rings (SSSR count). The molecule has 0 spiro atoms. The molecule has 0 aliphatic rings. The van der Waals surface area contributed by atoms with E-state index < -0.39 is 23.8 Å². The van der Waals surface area contributed by atoms with Crippen LogP contribution < -0.4 is 16.2 Å². The predicted octanol–water partition coefficient (Wildman–Crippen LogP) is 4.32. The Bertz CT molecular complexity index is 1090. The van der Waals surface area contributed by atoms with Crippen LogP contribution in [-0.2, 0) is 4.79 Å². The number of carbonyl (C=O) groups is 3. The van der Waals surface area contributed by atoms with Crippen LogP contribution in [0.3, 0.4) is 0 Å². The summed E-state index contributed by atoms with van der Waals surface area (Å²) in [6.07, 6.45) is -0.101. The largest absolute Gasteiger partial charge is 0.345 e. The topological polar surface area (TPSA) is 87.3 Å². The standard InChI is InChI=1S/C23H19Cl2N3O3/c24-17-10-6-9-16(13-17)22(30)28-27-21(29)14-20(15-7-2-1-3-8-15)26-23(31)18-11-4-5-12-19(18)25/h1-13,20H,14H2,(H,26,31)(H,27,29)(H,28,30). The minimum absolute atomic E-state index is 0.101. The van der Waals surface area contributed by atoms with Crippen molar-refractivity contribution in [2.45, 2.75) is 12.5 Å². The highest BCUT2D eigenvalue weighted by atomic mass is 35.5. The number of hydrogen-bond acceptors (Lipinski definition) is 3. The molecule has 0 aromatic heterocycles. The van der Waals surface area contributed by atoms with E-state index in [-0.39, 0.29) is 6.42 Å². The van der Waals surface area contributed by atoms with Crippen molar-refractivity contribution in [2.75, 3.05) is 0 Å². The molecule has 0 saturated heterocycles. The first-order valence-corrected chi connectivity index (χ1v) is 10.1. The molecule has 0 bridgehead atoms. The van der Waals surface area contributed by atoms with Crippen LogP contribution in [0.2, 0.25) is 10.0 Å². The van der Waals surface area contributed by atoms with Crippen LogP contribution in [0.25, 0.3) is 0 Å². The molecule has 8 heteroatoms. The van der Waals surface area contributed by atoms with Gasteiger partial charge in [-0.15, -0.1) is 0 Å². The average molecular weight is 456 g/mol. The second-order valence-corrected chi connectivity index (χ2v) is 7.48. The summed E-state index contributed by atoms with van der Waals surface area (Å²) in [5.74, 6) is -1.40. The monoisotopic (exact) mass is 455 g/mol. The molecule has 3 aromatic carbocycles. The smallest absolute Gasteiger partial charge is 0.269 e. The number of halogens is 2. The van der Waals surface area contributed by atoms with Crippen LogP contribution in [-0.4, -0.2) is 17.7 Å². The number of amides is 3. The predicted molar refractivity (Wildman–Crippen MR) is 120 cm³/mol. The summed E-state index contributed by atoms with van der Waals surface area (Å²) in [6, 6.07) is 21.4. The number of hydrogen-bond donors (Lipinski definition) is 3. The number of benzene rings is 3. The van der Waals surface area contributed by atoms with Crippen LogP contribution in [0.4, 0.5) is 0 Å². The van der Waals surface area contributed by atoms with Gasteiger partial charge in [-0.2, -0.15) is 0 Å². The van der Waals surface area contributed by atoms with E-state index in [4.69, 9.17) is 23.2 Å². The first-order chi connectivity index (χ1) is 14.9. The molecule has 3 amide bonds. The van der Waals surface area contributed by atoms with Crippen molar-refractivity contribution in [2.24, 2.45) is 0 Å². The van der Waals surface area contributed by atoms with Gasteiger partial charge in [-0.1, -0.05) is 71.7 Å². The van der Waals surface area contributed by atoms with Gasteiger partial charge in [-0.25, -0.2) is 0 Å². The lowest BCUT2D eigenvalue weighted by atomic mass is 10.0. The van der Waals surface area contributed by atoms with Crippen molar-refractivity contribution >= 4 is 40.9 Å². The van der Waals surface area contributed by atoms with Crippen molar-refractivity contribution in [3.05, 3.63) is 106 Å². The molecule has 0 fully saturated rings. The molecule has 0 radical (unpaired) electrons. The van der Waals surface area contributed by atoms with Crippen molar-refractivity contribution in [1.29, 1.82) is 0 Å². The zero-order valence-corrected chi connectivity index (χ0v) is 17.8. The Morgan fingerprint density at radius 2 is 1.48 bits per heavy atom. The number of carbonyl (C=O) groups excluding carboxylic acids is 3. The minimum atomic E-state index is -0.631. The SMILES string of the molecule is O=C(CC(NC(=O)c1ccccc1Cl)c1ccccc1)NNC(=O)c1cccc(Cl)c1. The Balaban J connectivity index is 1.67. The summed E-state index contributed by atoms with van der Waals surface area (Å²) in [5.41, 5.74) is 6.06. The van der Waals surface area contributed by atoms with Gasteiger partial charge in [0.25, 0.3) is 11.8 Å². The van der Waals surface area contributed by atoms with E-state index in [0.29, 0.717) is 21.2 Å². The lowest BCUT2D eigenvalue weighted by molar-refractivity contribution is -0.122. The Kier molecular flexibility index (Phi) is 7.65. The molecule has 0 saturated carbocycles. The summed E-state index contributed by atoms with van der Waals surface area (Å²) in [7, 11) is 0. The third-order valence-electron chi connectivity index (χ3n) is 4.42. The van der Waals surface area contributed by atoms with Crippen LogP contribution >= 0.6 is 23.2 Å². The molecule has 3 aromatic rings. The summed E-state index contributed by atoms with van der Waals surface area (Å²) in [6.45, 7) is 0. The van der Waals surface area contributed by atoms with E-state index in [1.807, 2.05) is 18.2 Å². The Labute approximate surface area is 189 Å². The Hall–Kier alpha value is -3.35. The number of nitrogens with one attached hydrogen (secondary N) is 3. The molecule has 0 aliphatic carbocycles. The van der Waals surface area contributed by atoms with Gasteiger partial charge in [0.05, 0.1) is 23.0 Å². The third kappa shape index (κ3) is 6.31. The molecular formula is C23H19Cl2N3O3. The van der Waals surface area contributed by atoms with Gasteiger partial charge in [0.2, 0.25) is 5.91 Å². The summed E-state index contributed by atoms with van der Waals surface area (Å²) < 4.78 is 0. The lowest BCUT2D eigenvalue weighted by Gasteiger charge is -2.19. The van der Waals surface area contributed by atoms with E-state index in [2.05, 4.69) is 16.2 Å². The van der Waals surface area contributed by atoms with E-state index in [1.165, 1.54) is 6.07 Å². The maximum absolute atomic E-state index is 12.7. The zero-order valence-electron chi connectivity index (χ0n) is 16.3. The third-order valence-corrected chi connectivity index (χ3v) is 4.98. The van der Waals surface area contributed by atoms with Gasteiger partial charge in [-0.3, -0.25) is 25.2 Å². The Morgan fingerprint density at radius 3 is 2.19 bits per heavy atom. The molecular weight excluding hydrogens is 437 g/mol. The van der Waals surface area contributed by atoms with E-state index in [1.54, 1.807) is 54.6 Å². The zero-order chi connectivity index (χ0) is 22.2. The lowest BCUT2D eigenvalue weighted by Crippen LogP contribution is -2.43. The van der Waals surface area contributed by atoms with Gasteiger partial charge in [0.1, 0.15) is 0 Å². The van der Waals surface area contributed by atoms with Gasteiger partial charge in [0.15, 0.2) is 0 Å². The second kappa shape index (κ2) is 10.6. The van der Waals surface area contributed by atoms with Gasteiger partial charge >= 0.3 is 0 Å². The number of rotatable bonds is 6. The maximum Gasteiger partial charge on any atom is 0.269 e. The van der Waals surface area contributed by atoms with Crippen molar-refractivity contribution in [3.63, 3.8) is 0 Å². The molecule has 6 nitrogen and oxygen atoms in total. The molecule has 0 heterocycles. The molecule has 31 heavy (non-hydrogen) atoms. The van der Waals surface area contributed by atoms with E-state index in [9.17, 15) is 14.4 Å². The summed E-state index contributed by atoms with van der Waals surface area (Å²) in [5, 5.41) is 3.55. The number of hydrazine groups is 1. The van der Waals surface area contributed by atoms with E-state index in [0.717, 1.165) is 5.56 Å². The first-order valence-electron chi connectivity index (χ1n) is 9.39. The van der Waals surface area contributed by atoms with Crippen molar-refractivity contribution < 1.29 is 14.4 Å². The quantitative estimate of drug-likeness (QED) is 0.483. The van der Waals surface area contributed by atoms with Gasteiger partial charge in [0, 0.05) is 10.6 Å². The molecule has 0 aliphatic heterocycles. The van der Waals surface area contributed by atoms with Crippen molar-refractivity contribution in [1.82, 2.24) is 16.2 Å². The van der Waals surface area contributed by atoms with Crippen LogP contribution in [0.15, 0.2) is 78.9 Å². The Morgan fingerprint density at radius 1 is 0.774 bits per heavy atom. The average Bonchev–Trinajstić information content (AvgIpc) is 2.78. The fourth-order valence-corrected chi connectivity index (χ4v) is 3.30. The highest BCUT2D eigenvalue weighted by Gasteiger charge is 2.21. The molecule has 1 atom stereocenters. The fourth-order valence-electron chi connectivity index (χ4n) is 2.88. The van der Waals surface area contributed by atoms with Gasteiger partial charge < -0.3 is 5.32 Å². The normalized spacial score (nSPS) is 11.3. The molecule has 3 N–H and O–H groups in total. The maximum atomic E-state index is 12.7. The van der Waals surface area contributed by atoms with Crippen LogP contribution in [0.5, 0.6) is 0 Å². The second-order valence-electron chi connectivity index (χ2n) is 6.63. The van der Waals surface area contributed by atoms with Crippen molar-refractivity contribution in [3.8, 4) is 0 Å². The highest BCUT2D eigenvalue weighted by molar-refractivity contribution is 6.33. The molecule has 158 valence electrons.